The zero-order valence-electron chi connectivity index (χ0n) is 17.7. The van der Waals surface area contributed by atoms with Gasteiger partial charge in [-0.2, -0.15) is 4.31 Å². The molecular weight excluding hydrogens is 414 g/mol. The van der Waals surface area contributed by atoms with Crippen molar-refractivity contribution in [1.82, 2.24) is 9.29 Å². The number of aryl methyl sites for hydroxylation is 2. The van der Waals surface area contributed by atoms with Crippen LogP contribution in [0.15, 0.2) is 71.9 Å². The van der Waals surface area contributed by atoms with Crippen molar-refractivity contribution in [3.8, 4) is 5.75 Å². The number of sulfonamides is 1. The number of anilines is 1. The Balaban J connectivity index is 1.88. The van der Waals surface area contributed by atoms with Gasteiger partial charge in [-0.25, -0.2) is 8.42 Å². The molecule has 1 aromatic heterocycles. The van der Waals surface area contributed by atoms with Crippen LogP contribution in [0.25, 0.3) is 0 Å². The van der Waals surface area contributed by atoms with Crippen molar-refractivity contribution in [2.45, 2.75) is 25.3 Å². The molecule has 0 aliphatic carbocycles. The van der Waals surface area contributed by atoms with E-state index in [1.807, 2.05) is 32.0 Å². The number of carbonyl (C=O) groups excluding carboxylic acids is 1. The number of rotatable bonds is 8. The van der Waals surface area contributed by atoms with Crippen LogP contribution >= 0.6 is 0 Å². The van der Waals surface area contributed by atoms with E-state index in [9.17, 15) is 13.2 Å². The number of amides is 1. The molecule has 1 N–H and O–H groups in total. The van der Waals surface area contributed by atoms with E-state index in [0.717, 1.165) is 21.0 Å². The summed E-state index contributed by atoms with van der Waals surface area (Å²) in [5.41, 5.74) is 3.24. The van der Waals surface area contributed by atoms with E-state index in [1.165, 1.54) is 18.5 Å². The van der Waals surface area contributed by atoms with Crippen molar-refractivity contribution in [2.24, 2.45) is 0 Å². The van der Waals surface area contributed by atoms with Crippen molar-refractivity contribution < 1.29 is 17.9 Å². The molecule has 0 radical (unpaired) electrons. The van der Waals surface area contributed by atoms with Gasteiger partial charge in [0.1, 0.15) is 10.6 Å². The Bertz CT molecular complexity index is 1130. The van der Waals surface area contributed by atoms with Crippen LogP contribution in [0.1, 0.15) is 16.7 Å². The molecule has 31 heavy (non-hydrogen) atoms. The fraction of sp³-hybridized carbons (Fsp3) is 0.217. The molecule has 0 fully saturated rings. The summed E-state index contributed by atoms with van der Waals surface area (Å²) in [5, 5.41) is 2.86. The number of carbonyl (C=O) groups is 1. The molecule has 7 nitrogen and oxygen atoms in total. The SMILES string of the molecule is COc1ccc(CN(CC(=O)Nc2c(C)cccc2C)S(=O)(=O)c2cccnc2)cc1. The van der Waals surface area contributed by atoms with Crippen molar-refractivity contribution in [3.63, 3.8) is 0 Å². The van der Waals surface area contributed by atoms with Gasteiger partial charge in [-0.3, -0.25) is 9.78 Å². The normalized spacial score (nSPS) is 11.4. The number of pyridine rings is 1. The minimum atomic E-state index is -3.94. The highest BCUT2D eigenvalue weighted by Crippen LogP contribution is 2.22. The van der Waals surface area contributed by atoms with Crippen LogP contribution in [0.5, 0.6) is 5.75 Å². The lowest BCUT2D eigenvalue weighted by atomic mass is 10.1. The first-order valence-electron chi connectivity index (χ1n) is 9.70. The van der Waals surface area contributed by atoms with E-state index in [0.29, 0.717) is 11.4 Å². The first-order valence-corrected chi connectivity index (χ1v) is 11.1. The van der Waals surface area contributed by atoms with Gasteiger partial charge in [-0.1, -0.05) is 30.3 Å². The van der Waals surface area contributed by atoms with Crippen molar-refractivity contribution >= 4 is 21.6 Å². The molecule has 3 aromatic rings. The second-order valence-electron chi connectivity index (χ2n) is 7.12. The molecule has 162 valence electrons. The molecule has 0 aliphatic heterocycles. The first-order chi connectivity index (χ1) is 14.8. The quantitative estimate of drug-likeness (QED) is 0.580. The van der Waals surface area contributed by atoms with E-state index in [1.54, 1.807) is 37.4 Å². The van der Waals surface area contributed by atoms with Crippen molar-refractivity contribution in [2.75, 3.05) is 19.0 Å². The lowest BCUT2D eigenvalue weighted by Gasteiger charge is -2.22. The van der Waals surface area contributed by atoms with E-state index in [2.05, 4.69) is 10.3 Å². The number of nitrogens with zero attached hydrogens (tertiary/aromatic N) is 2. The Morgan fingerprint density at radius 2 is 1.71 bits per heavy atom. The Morgan fingerprint density at radius 1 is 1.03 bits per heavy atom. The maximum Gasteiger partial charge on any atom is 0.245 e. The van der Waals surface area contributed by atoms with Gasteiger partial charge in [-0.15, -0.1) is 0 Å². The minimum absolute atomic E-state index is 0.0292. The summed E-state index contributed by atoms with van der Waals surface area (Å²) in [6, 6.07) is 15.8. The van der Waals surface area contributed by atoms with Gasteiger partial charge in [0.15, 0.2) is 0 Å². The summed E-state index contributed by atoms with van der Waals surface area (Å²) in [6.07, 6.45) is 2.78. The largest absolute Gasteiger partial charge is 0.497 e. The van der Waals surface area contributed by atoms with Crippen LogP contribution in [0, 0.1) is 13.8 Å². The predicted octanol–water partition coefficient (Wildman–Crippen LogP) is 3.54. The summed E-state index contributed by atoms with van der Waals surface area (Å²) in [7, 11) is -2.38. The third-order valence-corrected chi connectivity index (χ3v) is 6.63. The number of aromatic nitrogens is 1. The molecule has 0 unspecified atom stereocenters. The van der Waals surface area contributed by atoms with E-state index in [-0.39, 0.29) is 18.0 Å². The average molecular weight is 440 g/mol. The minimum Gasteiger partial charge on any atom is -0.497 e. The van der Waals surface area contributed by atoms with Crippen LogP contribution in [0.3, 0.4) is 0 Å². The van der Waals surface area contributed by atoms with Crippen molar-refractivity contribution in [1.29, 1.82) is 0 Å². The number of para-hydroxylation sites is 1. The summed E-state index contributed by atoms with van der Waals surface area (Å²) < 4.78 is 32.8. The third-order valence-electron chi connectivity index (χ3n) is 4.86. The van der Waals surface area contributed by atoms with Crippen LogP contribution in [-0.4, -0.2) is 37.3 Å². The zero-order valence-corrected chi connectivity index (χ0v) is 18.5. The Labute approximate surface area is 182 Å². The number of hydrogen-bond acceptors (Lipinski definition) is 5. The fourth-order valence-electron chi connectivity index (χ4n) is 3.16. The smallest absolute Gasteiger partial charge is 0.245 e. The van der Waals surface area contributed by atoms with Crippen LogP contribution in [-0.2, 0) is 21.4 Å². The molecule has 2 aromatic carbocycles. The van der Waals surface area contributed by atoms with Crippen molar-refractivity contribution in [3.05, 3.63) is 83.7 Å². The maximum absolute atomic E-state index is 13.3. The predicted molar refractivity (Wildman–Crippen MR) is 119 cm³/mol. The highest BCUT2D eigenvalue weighted by molar-refractivity contribution is 7.89. The summed E-state index contributed by atoms with van der Waals surface area (Å²) in [4.78, 5) is 16.8. The average Bonchev–Trinajstić information content (AvgIpc) is 2.77. The monoisotopic (exact) mass is 439 g/mol. The lowest BCUT2D eigenvalue weighted by Crippen LogP contribution is -2.37. The zero-order chi connectivity index (χ0) is 22.4. The van der Waals surface area contributed by atoms with Gasteiger partial charge in [0.05, 0.1) is 13.7 Å². The number of methoxy groups -OCH3 is 1. The van der Waals surface area contributed by atoms with Crippen LogP contribution in [0.2, 0.25) is 0 Å². The van der Waals surface area contributed by atoms with Gasteiger partial charge in [0.2, 0.25) is 15.9 Å². The molecule has 0 bridgehead atoms. The van der Waals surface area contributed by atoms with Gasteiger partial charge in [-0.05, 0) is 54.8 Å². The lowest BCUT2D eigenvalue weighted by molar-refractivity contribution is -0.116. The molecule has 1 heterocycles. The molecule has 0 aliphatic rings. The van der Waals surface area contributed by atoms with Crippen LogP contribution in [0.4, 0.5) is 5.69 Å². The second-order valence-corrected chi connectivity index (χ2v) is 9.06. The highest BCUT2D eigenvalue weighted by Gasteiger charge is 2.27. The number of benzene rings is 2. The van der Waals surface area contributed by atoms with Gasteiger partial charge in [0, 0.05) is 24.6 Å². The summed E-state index contributed by atoms with van der Waals surface area (Å²) >= 11 is 0. The molecular formula is C23H25N3O4S. The highest BCUT2D eigenvalue weighted by atomic mass is 32.2. The van der Waals surface area contributed by atoms with Crippen LogP contribution < -0.4 is 10.1 Å². The molecule has 0 spiro atoms. The van der Waals surface area contributed by atoms with Gasteiger partial charge >= 0.3 is 0 Å². The van der Waals surface area contributed by atoms with Gasteiger partial charge < -0.3 is 10.1 Å². The molecule has 0 atom stereocenters. The second kappa shape index (κ2) is 9.72. The molecule has 1 amide bonds. The molecule has 0 saturated heterocycles. The Morgan fingerprint density at radius 3 is 2.29 bits per heavy atom. The summed E-state index contributed by atoms with van der Waals surface area (Å²) in [5.74, 6) is 0.247. The first kappa shape index (κ1) is 22.5. The molecule has 3 rings (SSSR count). The number of ether oxygens (including phenoxy) is 1. The number of hydrogen-bond donors (Lipinski definition) is 1. The van der Waals surface area contributed by atoms with E-state index < -0.39 is 15.9 Å². The maximum atomic E-state index is 13.3. The third kappa shape index (κ3) is 5.48. The fourth-order valence-corrected chi connectivity index (χ4v) is 4.51. The number of nitrogens with one attached hydrogen (secondary N) is 1. The van der Waals surface area contributed by atoms with E-state index >= 15 is 0 Å². The van der Waals surface area contributed by atoms with Gasteiger partial charge in [0.25, 0.3) is 0 Å². The Hall–Kier alpha value is -3.23. The van der Waals surface area contributed by atoms with E-state index in [4.69, 9.17) is 4.74 Å². The Kier molecular flexibility index (Phi) is 7.04. The standard InChI is InChI=1S/C23H25N3O4S/c1-17-6-4-7-18(2)23(17)25-22(27)16-26(15-19-9-11-20(30-3)12-10-19)31(28,29)21-8-5-13-24-14-21/h4-14H,15-16H2,1-3H3,(H,25,27). The topological polar surface area (TPSA) is 88.6 Å². The summed E-state index contributed by atoms with van der Waals surface area (Å²) in [6.45, 7) is 3.48. The molecule has 8 heteroatoms. The molecule has 0 saturated carbocycles.